The van der Waals surface area contributed by atoms with Crippen LogP contribution in [0.25, 0.3) is 0 Å². The maximum atomic E-state index is 12.0. The van der Waals surface area contributed by atoms with Crippen LogP contribution in [0.2, 0.25) is 0 Å². The fraction of sp³-hybridized carbons (Fsp3) is 0.583. The normalized spacial score (nSPS) is 14.1. The van der Waals surface area contributed by atoms with Crippen molar-refractivity contribution in [2.75, 3.05) is 0 Å². The highest BCUT2D eigenvalue weighted by Gasteiger charge is 2.24. The highest BCUT2D eigenvalue weighted by atomic mass is 16.4. The molecule has 6 nitrogen and oxygen atoms in total. The molecular formula is C12H19N3O3. The van der Waals surface area contributed by atoms with Gasteiger partial charge in [-0.1, -0.05) is 0 Å². The molecule has 0 fully saturated rings. The van der Waals surface area contributed by atoms with Gasteiger partial charge >= 0.3 is 5.97 Å². The lowest BCUT2D eigenvalue weighted by atomic mass is 9.98. The molecular weight excluding hydrogens is 234 g/mol. The van der Waals surface area contributed by atoms with Gasteiger partial charge in [-0.15, -0.1) is 0 Å². The lowest BCUT2D eigenvalue weighted by Crippen LogP contribution is -2.40. The Morgan fingerprint density at radius 3 is 2.28 bits per heavy atom. The molecule has 0 bridgehead atoms. The number of carbonyl (C=O) groups is 2. The molecule has 0 aliphatic carbocycles. The molecule has 18 heavy (non-hydrogen) atoms. The van der Waals surface area contributed by atoms with Crippen molar-refractivity contribution in [3.05, 3.63) is 17.0 Å². The Kier molecular flexibility index (Phi) is 4.11. The number of hydrogen-bond acceptors (Lipinski definition) is 3. The lowest BCUT2D eigenvalue weighted by Gasteiger charge is -2.15. The number of carbonyl (C=O) groups excluding carboxylic acids is 1. The number of aromatic nitrogens is 2. The molecule has 1 amide bonds. The van der Waals surface area contributed by atoms with E-state index < -0.39 is 17.9 Å². The minimum atomic E-state index is -1.05. The van der Waals surface area contributed by atoms with E-state index in [2.05, 4.69) is 10.4 Å². The van der Waals surface area contributed by atoms with Crippen molar-refractivity contribution < 1.29 is 14.7 Å². The van der Waals surface area contributed by atoms with Crippen molar-refractivity contribution in [1.82, 2.24) is 15.1 Å². The van der Waals surface area contributed by atoms with E-state index in [0.717, 1.165) is 17.0 Å². The largest absolute Gasteiger partial charge is 0.480 e. The van der Waals surface area contributed by atoms with Crippen molar-refractivity contribution in [2.45, 2.75) is 39.7 Å². The molecule has 0 saturated carbocycles. The fourth-order valence-electron chi connectivity index (χ4n) is 1.95. The van der Waals surface area contributed by atoms with E-state index in [-0.39, 0.29) is 5.91 Å². The second-order valence-electron chi connectivity index (χ2n) is 4.50. The average Bonchev–Trinajstić information content (AvgIpc) is 2.52. The van der Waals surface area contributed by atoms with Gasteiger partial charge in [-0.25, -0.2) is 0 Å². The summed E-state index contributed by atoms with van der Waals surface area (Å²) in [5.41, 5.74) is 2.56. The SMILES string of the molecule is Cc1nn(C)c(C)c1C(C)C(=O)N[C@@H](C)C(=O)O. The monoisotopic (exact) mass is 253 g/mol. The van der Waals surface area contributed by atoms with Gasteiger partial charge in [-0.3, -0.25) is 14.3 Å². The van der Waals surface area contributed by atoms with Gasteiger partial charge in [0.15, 0.2) is 0 Å². The summed E-state index contributed by atoms with van der Waals surface area (Å²) >= 11 is 0. The first kappa shape index (κ1) is 14.2. The van der Waals surface area contributed by atoms with Crippen LogP contribution in [0, 0.1) is 13.8 Å². The lowest BCUT2D eigenvalue weighted by molar-refractivity contribution is -0.141. The molecule has 1 unspecified atom stereocenters. The summed E-state index contributed by atoms with van der Waals surface area (Å²) in [6, 6.07) is -0.891. The van der Waals surface area contributed by atoms with E-state index in [9.17, 15) is 9.59 Å². The molecule has 0 radical (unpaired) electrons. The van der Waals surface area contributed by atoms with E-state index in [1.807, 2.05) is 20.9 Å². The molecule has 1 aromatic heterocycles. The molecule has 0 spiro atoms. The minimum absolute atomic E-state index is 0.302. The third-order valence-corrected chi connectivity index (χ3v) is 3.12. The predicted molar refractivity (Wildman–Crippen MR) is 66.3 cm³/mol. The number of aliphatic carboxylic acids is 1. The van der Waals surface area contributed by atoms with Gasteiger partial charge in [0.1, 0.15) is 6.04 Å². The minimum Gasteiger partial charge on any atom is -0.480 e. The van der Waals surface area contributed by atoms with E-state index >= 15 is 0 Å². The van der Waals surface area contributed by atoms with E-state index in [4.69, 9.17) is 5.11 Å². The van der Waals surface area contributed by atoms with Crippen LogP contribution in [0.15, 0.2) is 0 Å². The second kappa shape index (κ2) is 5.20. The van der Waals surface area contributed by atoms with Gasteiger partial charge in [-0.2, -0.15) is 5.10 Å². The van der Waals surface area contributed by atoms with Crippen LogP contribution >= 0.6 is 0 Å². The Hall–Kier alpha value is -1.85. The van der Waals surface area contributed by atoms with Gasteiger partial charge in [0.25, 0.3) is 0 Å². The van der Waals surface area contributed by atoms with Gasteiger partial charge < -0.3 is 10.4 Å². The van der Waals surface area contributed by atoms with Crippen LogP contribution in [0.3, 0.4) is 0 Å². The Morgan fingerprint density at radius 2 is 1.89 bits per heavy atom. The van der Waals surface area contributed by atoms with E-state index in [0.29, 0.717) is 0 Å². The maximum absolute atomic E-state index is 12.0. The first-order chi connectivity index (χ1) is 8.25. The molecule has 0 aliphatic rings. The topological polar surface area (TPSA) is 84.2 Å². The number of amides is 1. The zero-order valence-electron chi connectivity index (χ0n) is 11.3. The number of rotatable bonds is 4. The second-order valence-corrected chi connectivity index (χ2v) is 4.50. The first-order valence-electron chi connectivity index (χ1n) is 5.79. The zero-order valence-corrected chi connectivity index (χ0v) is 11.3. The summed E-state index contributed by atoms with van der Waals surface area (Å²) in [5, 5.41) is 15.5. The quantitative estimate of drug-likeness (QED) is 0.828. The van der Waals surface area contributed by atoms with Crippen LogP contribution in [0.4, 0.5) is 0 Å². The third kappa shape index (κ3) is 2.69. The molecule has 2 N–H and O–H groups in total. The highest BCUT2D eigenvalue weighted by molar-refractivity contribution is 5.88. The molecule has 0 saturated heterocycles. The standard InChI is InChI=1S/C12H19N3O3/c1-6(11(16)13-8(3)12(17)18)10-7(2)14-15(5)9(10)4/h6,8H,1-5H3,(H,13,16)(H,17,18)/t6?,8-/m0/s1. The number of carboxylic acid groups (broad SMARTS) is 1. The predicted octanol–water partition coefficient (Wildman–Crippen LogP) is 0.730. The van der Waals surface area contributed by atoms with Crippen LogP contribution < -0.4 is 5.32 Å². The van der Waals surface area contributed by atoms with Gasteiger partial charge in [-0.05, 0) is 27.7 Å². The smallest absolute Gasteiger partial charge is 0.325 e. The Balaban J connectivity index is 2.90. The van der Waals surface area contributed by atoms with Crippen molar-refractivity contribution >= 4 is 11.9 Å². The van der Waals surface area contributed by atoms with E-state index in [1.54, 1.807) is 11.6 Å². The van der Waals surface area contributed by atoms with E-state index in [1.165, 1.54) is 6.92 Å². The number of hydrogen-bond donors (Lipinski definition) is 2. The van der Waals surface area contributed by atoms with Crippen molar-refractivity contribution in [2.24, 2.45) is 7.05 Å². The number of aryl methyl sites for hydroxylation is 2. The Labute approximate surface area is 106 Å². The van der Waals surface area contributed by atoms with Crippen LogP contribution in [-0.4, -0.2) is 32.8 Å². The van der Waals surface area contributed by atoms with Crippen LogP contribution in [-0.2, 0) is 16.6 Å². The summed E-state index contributed by atoms with van der Waals surface area (Å²) in [6.07, 6.45) is 0. The van der Waals surface area contributed by atoms with Gasteiger partial charge in [0, 0.05) is 18.3 Å². The summed E-state index contributed by atoms with van der Waals surface area (Å²) in [4.78, 5) is 22.7. The van der Waals surface area contributed by atoms with Crippen molar-refractivity contribution in [3.8, 4) is 0 Å². The average molecular weight is 253 g/mol. The fourth-order valence-corrected chi connectivity index (χ4v) is 1.95. The maximum Gasteiger partial charge on any atom is 0.325 e. The first-order valence-corrected chi connectivity index (χ1v) is 5.79. The van der Waals surface area contributed by atoms with Crippen molar-refractivity contribution in [1.29, 1.82) is 0 Å². The molecule has 6 heteroatoms. The molecule has 1 aromatic rings. The van der Waals surface area contributed by atoms with Gasteiger partial charge in [0.2, 0.25) is 5.91 Å². The molecule has 100 valence electrons. The summed E-state index contributed by atoms with van der Waals surface area (Å²) in [6.45, 7) is 6.92. The van der Waals surface area contributed by atoms with Gasteiger partial charge in [0.05, 0.1) is 11.6 Å². The molecule has 1 rings (SSSR count). The van der Waals surface area contributed by atoms with Crippen LogP contribution in [0.5, 0.6) is 0 Å². The number of nitrogens with zero attached hydrogens (tertiary/aromatic N) is 2. The van der Waals surface area contributed by atoms with Crippen LogP contribution in [0.1, 0.15) is 36.7 Å². The molecule has 0 aromatic carbocycles. The Bertz CT molecular complexity index is 479. The molecule has 1 heterocycles. The summed E-state index contributed by atoms with van der Waals surface area (Å²) in [5.74, 6) is -1.76. The molecule has 0 aliphatic heterocycles. The summed E-state index contributed by atoms with van der Waals surface area (Å²) in [7, 11) is 1.82. The number of nitrogens with one attached hydrogen (secondary N) is 1. The zero-order chi connectivity index (χ0) is 14.0. The molecule has 2 atom stereocenters. The third-order valence-electron chi connectivity index (χ3n) is 3.12. The van der Waals surface area contributed by atoms with Crippen molar-refractivity contribution in [3.63, 3.8) is 0 Å². The number of carboxylic acids is 1. The summed E-state index contributed by atoms with van der Waals surface area (Å²) < 4.78 is 1.72. The highest BCUT2D eigenvalue weighted by Crippen LogP contribution is 2.22. The Morgan fingerprint density at radius 1 is 1.33 bits per heavy atom.